The molecule has 0 saturated carbocycles. The van der Waals surface area contributed by atoms with E-state index < -0.39 is 0 Å². The highest BCUT2D eigenvalue weighted by Crippen LogP contribution is 2.29. The number of ether oxygens (including phenoxy) is 3. The number of aromatic nitrogens is 2. The molecule has 8 heteroatoms. The van der Waals surface area contributed by atoms with Gasteiger partial charge in [0.25, 0.3) is 5.91 Å². The monoisotopic (exact) mass is 372 g/mol. The number of nitrogens with one attached hydrogen (secondary N) is 2. The lowest BCUT2D eigenvalue weighted by molar-refractivity contribution is 0.102. The van der Waals surface area contributed by atoms with Gasteiger partial charge in [-0.25, -0.2) is 9.97 Å². The molecule has 144 valence electrons. The Bertz CT molecular complexity index is 806. The topological polar surface area (TPSA) is 94.6 Å². The second kappa shape index (κ2) is 8.68. The number of carbonyl (C=O) groups is 1. The summed E-state index contributed by atoms with van der Waals surface area (Å²) >= 11 is 0. The van der Waals surface area contributed by atoms with E-state index in [1.807, 2.05) is 6.92 Å². The van der Waals surface area contributed by atoms with Crippen molar-refractivity contribution in [3.63, 3.8) is 0 Å². The molecule has 27 heavy (non-hydrogen) atoms. The van der Waals surface area contributed by atoms with Crippen molar-refractivity contribution < 1.29 is 19.0 Å². The number of hydrogen-bond donors (Lipinski definition) is 2. The van der Waals surface area contributed by atoms with E-state index in [-0.39, 0.29) is 17.7 Å². The third-order valence-electron chi connectivity index (χ3n) is 4.24. The Hall–Kier alpha value is -2.87. The van der Waals surface area contributed by atoms with E-state index in [1.165, 1.54) is 0 Å². The van der Waals surface area contributed by atoms with Crippen LogP contribution < -0.4 is 20.1 Å². The molecule has 1 saturated heterocycles. The van der Waals surface area contributed by atoms with Gasteiger partial charge in [0.15, 0.2) is 11.5 Å². The van der Waals surface area contributed by atoms with Crippen molar-refractivity contribution in [3.05, 3.63) is 35.7 Å². The van der Waals surface area contributed by atoms with Crippen molar-refractivity contribution in [2.75, 3.05) is 38.0 Å². The first-order valence-corrected chi connectivity index (χ1v) is 8.83. The fraction of sp³-hybridized carbons (Fsp3) is 0.421. The van der Waals surface area contributed by atoms with Crippen LogP contribution in [0, 0.1) is 6.92 Å². The third-order valence-corrected chi connectivity index (χ3v) is 4.24. The Balaban J connectivity index is 1.70. The smallest absolute Gasteiger partial charge is 0.274 e. The first kappa shape index (κ1) is 18.9. The molecular weight excluding hydrogens is 348 g/mol. The maximum absolute atomic E-state index is 12.6. The summed E-state index contributed by atoms with van der Waals surface area (Å²) in [6.07, 6.45) is 2.25. The summed E-state index contributed by atoms with van der Waals surface area (Å²) in [5.41, 5.74) is 1.58. The van der Waals surface area contributed by atoms with Crippen molar-refractivity contribution in [2.24, 2.45) is 0 Å². The molecule has 0 spiro atoms. The summed E-state index contributed by atoms with van der Waals surface area (Å²) in [5, 5.41) is 5.97. The normalized spacial score (nSPS) is 16.0. The molecule has 2 aromatic rings. The SMILES string of the molecule is COc1ccc(NC(=O)c2cc(C)nc(NCC3CCCO3)n2)cc1OC. The van der Waals surface area contributed by atoms with Crippen LogP contribution in [0.15, 0.2) is 24.3 Å². The number of methoxy groups -OCH3 is 2. The van der Waals surface area contributed by atoms with Gasteiger partial charge in [-0.05, 0) is 38.0 Å². The zero-order chi connectivity index (χ0) is 19.2. The number of amides is 1. The highest BCUT2D eigenvalue weighted by molar-refractivity contribution is 6.03. The van der Waals surface area contributed by atoms with Gasteiger partial charge in [-0.2, -0.15) is 0 Å². The molecule has 1 aromatic heterocycles. The average molecular weight is 372 g/mol. The number of nitrogens with zero attached hydrogens (tertiary/aromatic N) is 2. The molecule has 1 fully saturated rings. The molecule has 2 N–H and O–H groups in total. The zero-order valence-electron chi connectivity index (χ0n) is 15.7. The summed E-state index contributed by atoms with van der Waals surface area (Å²) < 4.78 is 16.0. The molecule has 1 atom stereocenters. The van der Waals surface area contributed by atoms with Crippen LogP contribution in [0.4, 0.5) is 11.6 Å². The summed E-state index contributed by atoms with van der Waals surface area (Å²) in [5.74, 6) is 1.22. The fourth-order valence-electron chi connectivity index (χ4n) is 2.88. The first-order valence-electron chi connectivity index (χ1n) is 8.83. The first-order chi connectivity index (χ1) is 13.1. The second-order valence-electron chi connectivity index (χ2n) is 6.26. The quantitative estimate of drug-likeness (QED) is 0.771. The van der Waals surface area contributed by atoms with Crippen LogP contribution in [-0.2, 0) is 4.74 Å². The van der Waals surface area contributed by atoms with Crippen molar-refractivity contribution in [2.45, 2.75) is 25.9 Å². The zero-order valence-corrected chi connectivity index (χ0v) is 15.7. The predicted octanol–water partition coefficient (Wildman–Crippen LogP) is 2.65. The molecule has 1 aromatic carbocycles. The molecule has 0 radical (unpaired) electrons. The lowest BCUT2D eigenvalue weighted by atomic mass is 10.2. The van der Waals surface area contributed by atoms with Crippen molar-refractivity contribution in [1.82, 2.24) is 9.97 Å². The minimum Gasteiger partial charge on any atom is -0.493 e. The van der Waals surface area contributed by atoms with Gasteiger partial charge in [0.05, 0.1) is 20.3 Å². The van der Waals surface area contributed by atoms with Crippen LogP contribution in [0.5, 0.6) is 11.5 Å². The largest absolute Gasteiger partial charge is 0.493 e. The molecule has 8 nitrogen and oxygen atoms in total. The highest BCUT2D eigenvalue weighted by atomic mass is 16.5. The molecule has 1 amide bonds. The number of hydrogen-bond acceptors (Lipinski definition) is 7. The van der Waals surface area contributed by atoms with Gasteiger partial charge >= 0.3 is 0 Å². The summed E-state index contributed by atoms with van der Waals surface area (Å²) in [6.45, 7) is 3.24. The molecule has 1 unspecified atom stereocenters. The summed E-state index contributed by atoms with van der Waals surface area (Å²) in [4.78, 5) is 21.3. The van der Waals surface area contributed by atoms with Crippen LogP contribution in [-0.4, -0.2) is 49.4 Å². The van der Waals surface area contributed by atoms with Crippen LogP contribution in [0.1, 0.15) is 29.0 Å². The molecule has 0 bridgehead atoms. The van der Waals surface area contributed by atoms with E-state index in [0.717, 1.165) is 19.4 Å². The van der Waals surface area contributed by atoms with E-state index in [9.17, 15) is 4.79 Å². The molecule has 0 aliphatic carbocycles. The van der Waals surface area contributed by atoms with Crippen LogP contribution in [0.3, 0.4) is 0 Å². The van der Waals surface area contributed by atoms with Gasteiger partial charge in [-0.3, -0.25) is 4.79 Å². The van der Waals surface area contributed by atoms with E-state index in [0.29, 0.717) is 35.4 Å². The summed E-state index contributed by atoms with van der Waals surface area (Å²) in [7, 11) is 3.11. The lowest BCUT2D eigenvalue weighted by Gasteiger charge is -2.13. The molecule has 1 aliphatic heterocycles. The maximum atomic E-state index is 12.6. The van der Waals surface area contributed by atoms with Crippen molar-refractivity contribution in [3.8, 4) is 11.5 Å². The lowest BCUT2D eigenvalue weighted by Crippen LogP contribution is -2.21. The van der Waals surface area contributed by atoms with E-state index in [4.69, 9.17) is 14.2 Å². The Morgan fingerprint density at radius 1 is 1.22 bits per heavy atom. The number of aryl methyl sites for hydroxylation is 1. The van der Waals surface area contributed by atoms with Gasteiger partial charge in [-0.15, -0.1) is 0 Å². The van der Waals surface area contributed by atoms with Gasteiger partial charge in [-0.1, -0.05) is 0 Å². The summed E-state index contributed by atoms with van der Waals surface area (Å²) in [6, 6.07) is 6.81. The molecule has 3 rings (SSSR count). The Morgan fingerprint density at radius 3 is 2.74 bits per heavy atom. The van der Waals surface area contributed by atoms with Gasteiger partial charge in [0.2, 0.25) is 5.95 Å². The van der Waals surface area contributed by atoms with Gasteiger partial charge in [0.1, 0.15) is 5.69 Å². The molecule has 2 heterocycles. The fourth-order valence-corrected chi connectivity index (χ4v) is 2.88. The van der Waals surface area contributed by atoms with Gasteiger partial charge in [0, 0.05) is 30.6 Å². The number of rotatable bonds is 7. The predicted molar refractivity (Wildman–Crippen MR) is 102 cm³/mol. The number of anilines is 2. The Morgan fingerprint density at radius 2 is 2.04 bits per heavy atom. The molecule has 1 aliphatic rings. The van der Waals surface area contributed by atoms with Crippen LogP contribution in [0.2, 0.25) is 0 Å². The van der Waals surface area contributed by atoms with Crippen LogP contribution >= 0.6 is 0 Å². The Labute approximate surface area is 158 Å². The van der Waals surface area contributed by atoms with Gasteiger partial charge < -0.3 is 24.8 Å². The van der Waals surface area contributed by atoms with E-state index in [1.54, 1.807) is 38.5 Å². The van der Waals surface area contributed by atoms with E-state index in [2.05, 4.69) is 20.6 Å². The minimum atomic E-state index is -0.326. The number of carbonyl (C=O) groups excluding carboxylic acids is 1. The standard InChI is InChI=1S/C19H24N4O4/c1-12-9-15(23-19(21-12)20-11-14-5-4-8-27-14)18(24)22-13-6-7-16(25-2)17(10-13)26-3/h6-7,9-10,14H,4-5,8,11H2,1-3H3,(H,22,24)(H,20,21,23). The van der Waals surface area contributed by atoms with Crippen molar-refractivity contribution >= 4 is 17.5 Å². The highest BCUT2D eigenvalue weighted by Gasteiger charge is 2.17. The second-order valence-corrected chi connectivity index (χ2v) is 6.26. The minimum absolute atomic E-state index is 0.165. The Kier molecular flexibility index (Phi) is 6.08. The maximum Gasteiger partial charge on any atom is 0.274 e. The molecular formula is C19H24N4O4. The number of benzene rings is 1. The average Bonchev–Trinajstić information content (AvgIpc) is 3.19. The third kappa shape index (κ3) is 4.85. The van der Waals surface area contributed by atoms with Crippen molar-refractivity contribution in [1.29, 1.82) is 0 Å². The van der Waals surface area contributed by atoms with Crippen LogP contribution in [0.25, 0.3) is 0 Å². The van der Waals surface area contributed by atoms with E-state index >= 15 is 0 Å².